The Kier molecular flexibility index (Phi) is 2.36. The molecule has 1 rings (SSSR count). The van der Waals surface area contributed by atoms with Crippen LogP contribution in [-0.4, -0.2) is 27.0 Å². The van der Waals surface area contributed by atoms with Crippen LogP contribution in [0.3, 0.4) is 0 Å². The minimum atomic E-state index is -0.707. The number of phenolic OH excluding ortho intramolecular Hbond substituents is 4. The Hall–Kier alpha value is -1.78. The van der Waals surface area contributed by atoms with Gasteiger partial charge in [0.25, 0.3) is 0 Å². The SMILES string of the molecule is CCOc1c(O)cc(O)c(O)c1O. The molecular formula is C8H10O5. The van der Waals surface area contributed by atoms with Gasteiger partial charge in [-0.3, -0.25) is 0 Å². The Labute approximate surface area is 74.5 Å². The summed E-state index contributed by atoms with van der Waals surface area (Å²) in [6.07, 6.45) is 0. The summed E-state index contributed by atoms with van der Waals surface area (Å²) in [6, 6.07) is 0.889. The third kappa shape index (κ3) is 1.53. The van der Waals surface area contributed by atoms with Gasteiger partial charge < -0.3 is 25.2 Å². The Morgan fingerprint density at radius 2 is 1.69 bits per heavy atom. The van der Waals surface area contributed by atoms with Crippen molar-refractivity contribution in [2.45, 2.75) is 6.92 Å². The van der Waals surface area contributed by atoms with Crippen molar-refractivity contribution in [3.63, 3.8) is 0 Å². The van der Waals surface area contributed by atoms with Crippen LogP contribution in [0.5, 0.6) is 28.7 Å². The van der Waals surface area contributed by atoms with Gasteiger partial charge in [-0.05, 0) is 6.92 Å². The third-order valence-corrected chi connectivity index (χ3v) is 1.48. The third-order valence-electron chi connectivity index (χ3n) is 1.48. The molecular weight excluding hydrogens is 176 g/mol. The molecule has 0 amide bonds. The molecule has 13 heavy (non-hydrogen) atoms. The van der Waals surface area contributed by atoms with E-state index in [1.54, 1.807) is 6.92 Å². The first-order valence-corrected chi connectivity index (χ1v) is 3.67. The fraction of sp³-hybridized carbons (Fsp3) is 0.250. The molecule has 0 aliphatic rings. The molecule has 0 heterocycles. The minimum Gasteiger partial charge on any atom is -0.504 e. The van der Waals surface area contributed by atoms with E-state index in [1.807, 2.05) is 0 Å². The fourth-order valence-corrected chi connectivity index (χ4v) is 0.900. The first kappa shape index (κ1) is 9.31. The van der Waals surface area contributed by atoms with Gasteiger partial charge in [-0.25, -0.2) is 0 Å². The summed E-state index contributed by atoms with van der Waals surface area (Å²) in [4.78, 5) is 0. The first-order valence-electron chi connectivity index (χ1n) is 3.67. The second-order valence-corrected chi connectivity index (χ2v) is 2.37. The molecule has 0 saturated heterocycles. The van der Waals surface area contributed by atoms with Crippen molar-refractivity contribution in [1.29, 1.82) is 0 Å². The number of rotatable bonds is 2. The summed E-state index contributed by atoms with van der Waals surface area (Å²) in [7, 11) is 0. The van der Waals surface area contributed by atoms with Crippen LogP contribution < -0.4 is 4.74 Å². The van der Waals surface area contributed by atoms with Crippen LogP contribution in [0.15, 0.2) is 6.07 Å². The van der Waals surface area contributed by atoms with Gasteiger partial charge in [-0.1, -0.05) is 0 Å². The predicted octanol–water partition coefficient (Wildman–Crippen LogP) is 0.908. The van der Waals surface area contributed by atoms with E-state index in [2.05, 4.69) is 0 Å². The molecule has 0 aromatic heterocycles. The number of hydrogen-bond donors (Lipinski definition) is 4. The zero-order valence-electron chi connectivity index (χ0n) is 6.98. The summed E-state index contributed by atoms with van der Waals surface area (Å²) in [5, 5.41) is 36.4. The van der Waals surface area contributed by atoms with Crippen molar-refractivity contribution in [3.05, 3.63) is 6.07 Å². The molecule has 0 atom stereocenters. The van der Waals surface area contributed by atoms with Gasteiger partial charge >= 0.3 is 0 Å². The largest absolute Gasteiger partial charge is 0.504 e. The minimum absolute atomic E-state index is 0.228. The molecule has 0 saturated carbocycles. The number of ether oxygens (including phenoxy) is 1. The molecule has 0 fully saturated rings. The van der Waals surface area contributed by atoms with E-state index in [0.717, 1.165) is 6.07 Å². The summed E-state index contributed by atoms with van der Waals surface area (Å²) >= 11 is 0. The zero-order chi connectivity index (χ0) is 10.0. The quantitative estimate of drug-likeness (QED) is 0.407. The molecule has 0 aliphatic carbocycles. The van der Waals surface area contributed by atoms with E-state index < -0.39 is 23.0 Å². The highest BCUT2D eigenvalue weighted by molar-refractivity contribution is 5.63. The van der Waals surface area contributed by atoms with Crippen LogP contribution >= 0.6 is 0 Å². The van der Waals surface area contributed by atoms with Gasteiger partial charge in [0.2, 0.25) is 17.2 Å². The zero-order valence-corrected chi connectivity index (χ0v) is 6.98. The van der Waals surface area contributed by atoms with Crippen molar-refractivity contribution in [2.24, 2.45) is 0 Å². The lowest BCUT2D eigenvalue weighted by Crippen LogP contribution is -1.92. The van der Waals surface area contributed by atoms with Gasteiger partial charge in [0.05, 0.1) is 6.61 Å². The van der Waals surface area contributed by atoms with Crippen LogP contribution in [0.25, 0.3) is 0 Å². The van der Waals surface area contributed by atoms with Crippen LogP contribution in [0.1, 0.15) is 6.92 Å². The summed E-state index contributed by atoms with van der Waals surface area (Å²) < 4.78 is 4.83. The molecule has 0 unspecified atom stereocenters. The molecule has 0 aliphatic heterocycles. The summed E-state index contributed by atoms with van der Waals surface area (Å²) in [5.41, 5.74) is 0. The van der Waals surface area contributed by atoms with Crippen molar-refractivity contribution in [2.75, 3.05) is 6.61 Å². The van der Waals surface area contributed by atoms with Gasteiger partial charge in [0.1, 0.15) is 0 Å². The van der Waals surface area contributed by atoms with E-state index in [4.69, 9.17) is 14.9 Å². The molecule has 4 N–H and O–H groups in total. The molecule has 0 radical (unpaired) electrons. The van der Waals surface area contributed by atoms with Crippen LogP contribution in [0.2, 0.25) is 0 Å². The van der Waals surface area contributed by atoms with Crippen LogP contribution in [0, 0.1) is 0 Å². The van der Waals surface area contributed by atoms with E-state index in [1.165, 1.54) is 0 Å². The second-order valence-electron chi connectivity index (χ2n) is 2.37. The standard InChI is InChI=1S/C8H10O5/c1-2-13-8-5(10)3-4(9)6(11)7(8)12/h3,9-12H,2H2,1H3. The van der Waals surface area contributed by atoms with Crippen molar-refractivity contribution in [1.82, 2.24) is 0 Å². The lowest BCUT2D eigenvalue weighted by Gasteiger charge is -2.09. The smallest absolute Gasteiger partial charge is 0.208 e. The lowest BCUT2D eigenvalue weighted by molar-refractivity contribution is 0.285. The maximum absolute atomic E-state index is 9.20. The predicted molar refractivity (Wildman–Crippen MR) is 44.3 cm³/mol. The highest BCUT2D eigenvalue weighted by atomic mass is 16.5. The lowest BCUT2D eigenvalue weighted by atomic mass is 10.2. The highest BCUT2D eigenvalue weighted by Gasteiger charge is 2.17. The van der Waals surface area contributed by atoms with Crippen molar-refractivity contribution < 1.29 is 25.2 Å². The monoisotopic (exact) mass is 186 g/mol. The van der Waals surface area contributed by atoms with E-state index in [-0.39, 0.29) is 12.4 Å². The Balaban J connectivity index is 3.26. The molecule has 5 nitrogen and oxygen atoms in total. The molecule has 0 bridgehead atoms. The van der Waals surface area contributed by atoms with Crippen LogP contribution in [-0.2, 0) is 0 Å². The van der Waals surface area contributed by atoms with E-state index in [0.29, 0.717) is 0 Å². The summed E-state index contributed by atoms with van der Waals surface area (Å²) in [5.74, 6) is -2.63. The molecule has 72 valence electrons. The fourth-order valence-electron chi connectivity index (χ4n) is 0.900. The topological polar surface area (TPSA) is 90.2 Å². The maximum atomic E-state index is 9.20. The van der Waals surface area contributed by atoms with E-state index >= 15 is 0 Å². The molecule has 1 aromatic rings. The number of aromatic hydroxyl groups is 4. The molecule has 0 spiro atoms. The maximum Gasteiger partial charge on any atom is 0.208 e. The van der Waals surface area contributed by atoms with Gasteiger partial charge in [-0.15, -0.1) is 0 Å². The highest BCUT2D eigenvalue weighted by Crippen LogP contribution is 2.47. The number of phenols is 4. The average molecular weight is 186 g/mol. The normalized spacial score (nSPS) is 9.92. The first-order chi connectivity index (χ1) is 6.07. The Morgan fingerprint density at radius 3 is 2.23 bits per heavy atom. The van der Waals surface area contributed by atoms with Crippen molar-refractivity contribution >= 4 is 0 Å². The second kappa shape index (κ2) is 3.30. The van der Waals surface area contributed by atoms with Crippen LogP contribution in [0.4, 0.5) is 0 Å². The van der Waals surface area contributed by atoms with Gasteiger partial charge in [-0.2, -0.15) is 0 Å². The van der Waals surface area contributed by atoms with E-state index in [9.17, 15) is 10.2 Å². The number of benzene rings is 1. The number of hydrogen-bond acceptors (Lipinski definition) is 5. The Morgan fingerprint density at radius 1 is 1.08 bits per heavy atom. The summed E-state index contributed by atoms with van der Waals surface area (Å²) in [6.45, 7) is 1.88. The van der Waals surface area contributed by atoms with Crippen molar-refractivity contribution in [3.8, 4) is 28.7 Å². The Bertz CT molecular complexity index is 321. The average Bonchev–Trinajstić information content (AvgIpc) is 2.09. The van der Waals surface area contributed by atoms with Gasteiger partial charge in [0.15, 0.2) is 11.5 Å². The molecule has 1 aromatic carbocycles. The van der Waals surface area contributed by atoms with Gasteiger partial charge in [0, 0.05) is 6.07 Å². The molecule has 5 heteroatoms.